The van der Waals surface area contributed by atoms with Crippen LogP contribution in [0.25, 0.3) is 0 Å². The Morgan fingerprint density at radius 1 is 1.56 bits per heavy atom. The predicted octanol–water partition coefficient (Wildman–Crippen LogP) is 0.509. The van der Waals surface area contributed by atoms with Gasteiger partial charge < -0.3 is 11.1 Å². The van der Waals surface area contributed by atoms with Gasteiger partial charge in [-0.2, -0.15) is 0 Å². The van der Waals surface area contributed by atoms with Gasteiger partial charge in [0.05, 0.1) is 11.0 Å². The molecule has 0 aromatic carbocycles. The second kappa shape index (κ2) is 6.15. The van der Waals surface area contributed by atoms with Crippen LogP contribution in [0.15, 0.2) is 0 Å². The number of carbonyl (C=O) groups is 1. The molecule has 1 saturated heterocycles. The number of amides is 1. The summed E-state index contributed by atoms with van der Waals surface area (Å²) in [6.07, 6.45) is 1.94. The zero-order valence-corrected chi connectivity index (χ0v) is 10.8. The SMILES string of the molecule is CCNC(=O)C(C)N1CCC(C(N)=S)CC1. The third-order valence-corrected chi connectivity index (χ3v) is 3.54. The Bertz CT molecular complexity index is 262. The van der Waals surface area contributed by atoms with Crippen LogP contribution in [0.5, 0.6) is 0 Å². The van der Waals surface area contributed by atoms with E-state index in [1.165, 1.54) is 0 Å². The third-order valence-electron chi connectivity index (χ3n) is 3.21. The molecule has 1 fully saturated rings. The Morgan fingerprint density at radius 3 is 2.56 bits per heavy atom. The fraction of sp³-hybridized carbons (Fsp3) is 0.818. The van der Waals surface area contributed by atoms with Crippen molar-refractivity contribution in [2.75, 3.05) is 19.6 Å². The molecule has 0 spiro atoms. The molecule has 1 aliphatic rings. The van der Waals surface area contributed by atoms with Gasteiger partial charge >= 0.3 is 0 Å². The molecule has 1 heterocycles. The van der Waals surface area contributed by atoms with Crippen molar-refractivity contribution in [2.24, 2.45) is 11.7 Å². The Labute approximate surface area is 103 Å². The Balaban J connectivity index is 2.41. The first-order valence-corrected chi connectivity index (χ1v) is 6.28. The van der Waals surface area contributed by atoms with Crippen LogP contribution in [0.1, 0.15) is 26.7 Å². The van der Waals surface area contributed by atoms with Gasteiger partial charge in [-0.25, -0.2) is 0 Å². The van der Waals surface area contributed by atoms with Gasteiger partial charge in [0.15, 0.2) is 0 Å². The standard InChI is InChI=1S/C11H21N3OS/c1-3-13-11(15)8(2)14-6-4-9(5-7-14)10(12)16/h8-9H,3-7H2,1-2H3,(H2,12,16)(H,13,15). The molecule has 3 N–H and O–H groups in total. The lowest BCUT2D eigenvalue weighted by Crippen LogP contribution is -2.49. The normalized spacial score (nSPS) is 20.4. The van der Waals surface area contributed by atoms with Crippen molar-refractivity contribution >= 4 is 23.1 Å². The third kappa shape index (κ3) is 3.42. The van der Waals surface area contributed by atoms with Crippen LogP contribution in [-0.4, -0.2) is 41.5 Å². The minimum absolute atomic E-state index is 0.0488. The van der Waals surface area contributed by atoms with Crippen LogP contribution in [0.4, 0.5) is 0 Å². The molecule has 1 atom stereocenters. The number of rotatable bonds is 4. The van der Waals surface area contributed by atoms with E-state index < -0.39 is 0 Å². The van der Waals surface area contributed by atoms with Crippen LogP contribution < -0.4 is 11.1 Å². The van der Waals surface area contributed by atoms with Crippen molar-refractivity contribution in [3.05, 3.63) is 0 Å². The number of hydrogen-bond acceptors (Lipinski definition) is 3. The first kappa shape index (κ1) is 13.4. The zero-order chi connectivity index (χ0) is 12.1. The van der Waals surface area contributed by atoms with E-state index in [2.05, 4.69) is 10.2 Å². The molecule has 4 nitrogen and oxygen atoms in total. The molecule has 16 heavy (non-hydrogen) atoms. The average Bonchev–Trinajstić information content (AvgIpc) is 2.28. The minimum Gasteiger partial charge on any atom is -0.393 e. The molecular weight excluding hydrogens is 222 g/mol. The fourth-order valence-corrected chi connectivity index (χ4v) is 2.29. The number of nitrogens with zero attached hydrogens (tertiary/aromatic N) is 1. The fourth-order valence-electron chi connectivity index (χ4n) is 2.06. The maximum atomic E-state index is 11.7. The van der Waals surface area contributed by atoms with Crippen LogP contribution in [-0.2, 0) is 4.79 Å². The summed E-state index contributed by atoms with van der Waals surface area (Å²) in [5, 5.41) is 2.85. The maximum Gasteiger partial charge on any atom is 0.237 e. The highest BCUT2D eigenvalue weighted by Gasteiger charge is 2.27. The van der Waals surface area contributed by atoms with Gasteiger partial charge in [-0.05, 0) is 39.8 Å². The van der Waals surface area contributed by atoms with Gasteiger partial charge in [0, 0.05) is 12.5 Å². The van der Waals surface area contributed by atoms with E-state index in [0.717, 1.165) is 25.9 Å². The molecule has 5 heteroatoms. The van der Waals surface area contributed by atoms with Crippen molar-refractivity contribution in [1.29, 1.82) is 0 Å². The van der Waals surface area contributed by atoms with E-state index in [1.54, 1.807) is 0 Å². The van der Waals surface area contributed by atoms with Crippen molar-refractivity contribution in [1.82, 2.24) is 10.2 Å². The number of nitrogens with one attached hydrogen (secondary N) is 1. The zero-order valence-electron chi connectivity index (χ0n) is 10.0. The number of thiocarbonyl (C=S) groups is 1. The molecule has 1 amide bonds. The Hall–Kier alpha value is -0.680. The van der Waals surface area contributed by atoms with E-state index in [9.17, 15) is 4.79 Å². The Kier molecular flexibility index (Phi) is 5.15. The second-order valence-corrected chi connectivity index (χ2v) is 4.75. The summed E-state index contributed by atoms with van der Waals surface area (Å²) in [5.74, 6) is 0.462. The lowest BCUT2D eigenvalue weighted by Gasteiger charge is -2.34. The summed E-state index contributed by atoms with van der Waals surface area (Å²) in [6.45, 7) is 6.38. The lowest BCUT2D eigenvalue weighted by atomic mass is 9.96. The average molecular weight is 243 g/mol. The quantitative estimate of drug-likeness (QED) is 0.706. The summed E-state index contributed by atoms with van der Waals surface area (Å²) in [7, 11) is 0. The van der Waals surface area contributed by atoms with E-state index in [-0.39, 0.29) is 11.9 Å². The Morgan fingerprint density at radius 2 is 2.12 bits per heavy atom. The first-order chi connectivity index (χ1) is 7.56. The summed E-state index contributed by atoms with van der Waals surface area (Å²) in [5.41, 5.74) is 5.63. The molecule has 0 aromatic rings. The molecular formula is C11H21N3OS. The summed E-state index contributed by atoms with van der Waals surface area (Å²) >= 11 is 4.99. The smallest absolute Gasteiger partial charge is 0.237 e. The van der Waals surface area contributed by atoms with Gasteiger partial charge in [0.1, 0.15) is 0 Å². The molecule has 0 aliphatic carbocycles. The van der Waals surface area contributed by atoms with Gasteiger partial charge in [-0.3, -0.25) is 9.69 Å². The van der Waals surface area contributed by atoms with Crippen LogP contribution in [0.3, 0.4) is 0 Å². The van der Waals surface area contributed by atoms with E-state index in [1.807, 2.05) is 13.8 Å². The van der Waals surface area contributed by atoms with Crippen molar-refractivity contribution in [3.8, 4) is 0 Å². The molecule has 1 unspecified atom stereocenters. The molecule has 0 radical (unpaired) electrons. The highest BCUT2D eigenvalue weighted by Crippen LogP contribution is 2.19. The first-order valence-electron chi connectivity index (χ1n) is 5.87. The molecule has 1 rings (SSSR count). The van der Waals surface area contributed by atoms with Gasteiger partial charge in [0.25, 0.3) is 0 Å². The molecule has 0 aromatic heterocycles. The van der Waals surface area contributed by atoms with Crippen molar-refractivity contribution in [3.63, 3.8) is 0 Å². The van der Waals surface area contributed by atoms with E-state index >= 15 is 0 Å². The van der Waals surface area contributed by atoms with Gasteiger partial charge in [0.2, 0.25) is 5.91 Å². The summed E-state index contributed by atoms with van der Waals surface area (Å²) in [4.78, 5) is 14.5. The number of hydrogen-bond donors (Lipinski definition) is 2. The number of likely N-dealkylation sites (N-methyl/N-ethyl adjacent to an activating group) is 1. The van der Waals surface area contributed by atoms with Crippen LogP contribution >= 0.6 is 12.2 Å². The van der Waals surface area contributed by atoms with Gasteiger partial charge in [-0.1, -0.05) is 12.2 Å². The number of likely N-dealkylation sites (tertiary alicyclic amines) is 1. The van der Waals surface area contributed by atoms with Crippen LogP contribution in [0.2, 0.25) is 0 Å². The molecule has 0 saturated carbocycles. The molecule has 1 aliphatic heterocycles. The van der Waals surface area contributed by atoms with Crippen molar-refractivity contribution in [2.45, 2.75) is 32.7 Å². The lowest BCUT2D eigenvalue weighted by molar-refractivity contribution is -0.126. The van der Waals surface area contributed by atoms with E-state index in [4.69, 9.17) is 18.0 Å². The number of carbonyl (C=O) groups excluding carboxylic acids is 1. The highest BCUT2D eigenvalue weighted by atomic mass is 32.1. The molecule has 92 valence electrons. The number of nitrogens with two attached hydrogens (primary N) is 1. The van der Waals surface area contributed by atoms with Crippen LogP contribution in [0, 0.1) is 5.92 Å². The summed E-state index contributed by atoms with van der Waals surface area (Å²) in [6, 6.07) is -0.0488. The molecule has 0 bridgehead atoms. The topological polar surface area (TPSA) is 58.4 Å². The monoisotopic (exact) mass is 243 g/mol. The number of piperidine rings is 1. The van der Waals surface area contributed by atoms with Gasteiger partial charge in [-0.15, -0.1) is 0 Å². The second-order valence-electron chi connectivity index (χ2n) is 4.28. The highest BCUT2D eigenvalue weighted by molar-refractivity contribution is 7.80. The van der Waals surface area contributed by atoms with E-state index in [0.29, 0.717) is 17.5 Å². The summed E-state index contributed by atoms with van der Waals surface area (Å²) < 4.78 is 0. The maximum absolute atomic E-state index is 11.7. The largest absolute Gasteiger partial charge is 0.393 e. The predicted molar refractivity (Wildman–Crippen MR) is 69.2 cm³/mol. The minimum atomic E-state index is -0.0488. The van der Waals surface area contributed by atoms with Crippen molar-refractivity contribution < 1.29 is 4.79 Å².